The quantitative estimate of drug-likeness (QED) is 0.889. The van der Waals surface area contributed by atoms with Crippen molar-refractivity contribution in [3.8, 4) is 0 Å². The molecule has 4 nitrogen and oxygen atoms in total. The number of halogens is 1. The van der Waals surface area contributed by atoms with Gasteiger partial charge in [0, 0.05) is 18.5 Å². The van der Waals surface area contributed by atoms with Crippen LogP contribution in [0, 0.1) is 6.92 Å². The molecule has 0 amide bonds. The molecule has 1 aliphatic heterocycles. The molecular weight excluding hydrogens is 282 g/mol. The van der Waals surface area contributed by atoms with Gasteiger partial charge in [-0.05, 0) is 49.2 Å². The van der Waals surface area contributed by atoms with Crippen LogP contribution < -0.4 is 5.32 Å². The number of nitrogens with one attached hydrogen (secondary N) is 1. The first-order chi connectivity index (χ1) is 8.12. The van der Waals surface area contributed by atoms with Crippen molar-refractivity contribution >= 4 is 15.9 Å². The maximum Gasteiger partial charge on any atom is 0.0738 e. The molecule has 1 aromatic rings. The molecule has 0 saturated carbocycles. The Bertz CT molecular complexity index is 397. The molecule has 1 aliphatic rings. The van der Waals surface area contributed by atoms with E-state index in [0.29, 0.717) is 0 Å². The SMILES string of the molecule is CCn1nc(C)c(Br)c1CC1(CO)CCCN1. The van der Waals surface area contributed by atoms with Gasteiger partial charge in [-0.25, -0.2) is 0 Å². The third kappa shape index (κ3) is 2.41. The number of aryl methyl sites for hydroxylation is 2. The predicted molar refractivity (Wildman–Crippen MR) is 71.1 cm³/mol. The fourth-order valence-electron chi connectivity index (χ4n) is 2.57. The summed E-state index contributed by atoms with van der Waals surface area (Å²) in [5.41, 5.74) is 2.06. The third-order valence-electron chi connectivity index (χ3n) is 3.59. The van der Waals surface area contributed by atoms with E-state index in [-0.39, 0.29) is 12.1 Å². The van der Waals surface area contributed by atoms with Crippen LogP contribution in [0.3, 0.4) is 0 Å². The molecule has 1 unspecified atom stereocenters. The normalized spacial score (nSPS) is 24.5. The van der Waals surface area contributed by atoms with Gasteiger partial charge in [-0.3, -0.25) is 4.68 Å². The highest BCUT2D eigenvalue weighted by molar-refractivity contribution is 9.10. The predicted octanol–water partition coefficient (Wildman–Crippen LogP) is 1.63. The van der Waals surface area contributed by atoms with E-state index < -0.39 is 0 Å². The molecule has 0 spiro atoms. The minimum Gasteiger partial charge on any atom is -0.394 e. The molecule has 0 radical (unpaired) electrons. The summed E-state index contributed by atoms with van der Waals surface area (Å²) in [6.07, 6.45) is 3.00. The Balaban J connectivity index is 2.28. The van der Waals surface area contributed by atoms with Crippen LogP contribution in [0.4, 0.5) is 0 Å². The van der Waals surface area contributed by atoms with Gasteiger partial charge in [-0.15, -0.1) is 0 Å². The van der Waals surface area contributed by atoms with Gasteiger partial charge in [0.05, 0.1) is 22.5 Å². The second-order valence-electron chi connectivity index (χ2n) is 4.81. The first-order valence-electron chi connectivity index (χ1n) is 6.19. The van der Waals surface area contributed by atoms with E-state index in [2.05, 4.69) is 33.3 Å². The zero-order chi connectivity index (χ0) is 12.5. The van der Waals surface area contributed by atoms with E-state index in [4.69, 9.17) is 0 Å². The molecule has 0 bridgehead atoms. The monoisotopic (exact) mass is 301 g/mol. The molecule has 0 aliphatic carbocycles. The topological polar surface area (TPSA) is 50.1 Å². The van der Waals surface area contributed by atoms with E-state index in [1.807, 2.05) is 11.6 Å². The molecule has 2 rings (SSSR count). The van der Waals surface area contributed by atoms with E-state index in [1.165, 1.54) is 5.69 Å². The summed E-state index contributed by atoms with van der Waals surface area (Å²) in [6.45, 7) is 6.15. The minimum absolute atomic E-state index is 0.151. The van der Waals surface area contributed by atoms with Crippen LogP contribution in [0.5, 0.6) is 0 Å². The summed E-state index contributed by atoms with van der Waals surface area (Å²) >= 11 is 3.61. The van der Waals surface area contributed by atoms with Gasteiger partial charge in [0.1, 0.15) is 0 Å². The minimum atomic E-state index is -0.151. The van der Waals surface area contributed by atoms with Crippen molar-refractivity contribution in [3.63, 3.8) is 0 Å². The lowest BCUT2D eigenvalue weighted by molar-refractivity contribution is 0.175. The second-order valence-corrected chi connectivity index (χ2v) is 5.60. The van der Waals surface area contributed by atoms with Crippen molar-refractivity contribution in [2.45, 2.75) is 45.2 Å². The molecule has 1 aromatic heterocycles. The van der Waals surface area contributed by atoms with Crippen molar-refractivity contribution in [2.24, 2.45) is 0 Å². The van der Waals surface area contributed by atoms with Gasteiger partial charge < -0.3 is 10.4 Å². The molecule has 1 saturated heterocycles. The van der Waals surface area contributed by atoms with Crippen molar-refractivity contribution in [1.82, 2.24) is 15.1 Å². The third-order valence-corrected chi connectivity index (χ3v) is 4.62. The molecule has 2 heterocycles. The number of rotatable bonds is 4. The molecule has 17 heavy (non-hydrogen) atoms. The highest BCUT2D eigenvalue weighted by Crippen LogP contribution is 2.29. The first kappa shape index (κ1) is 13.1. The molecule has 96 valence electrons. The number of hydrogen-bond acceptors (Lipinski definition) is 3. The van der Waals surface area contributed by atoms with Crippen LogP contribution in [0.25, 0.3) is 0 Å². The van der Waals surface area contributed by atoms with E-state index >= 15 is 0 Å². The van der Waals surface area contributed by atoms with Gasteiger partial charge in [-0.1, -0.05) is 0 Å². The Kier molecular flexibility index (Phi) is 3.90. The average molecular weight is 302 g/mol. The fourth-order valence-corrected chi connectivity index (χ4v) is 2.99. The summed E-state index contributed by atoms with van der Waals surface area (Å²) in [6, 6.07) is 0. The Labute approximate surface area is 111 Å². The summed E-state index contributed by atoms with van der Waals surface area (Å²) < 4.78 is 3.11. The summed E-state index contributed by atoms with van der Waals surface area (Å²) in [4.78, 5) is 0. The van der Waals surface area contributed by atoms with Crippen LogP contribution in [-0.2, 0) is 13.0 Å². The summed E-state index contributed by atoms with van der Waals surface area (Å²) in [5.74, 6) is 0. The van der Waals surface area contributed by atoms with Gasteiger partial charge in [-0.2, -0.15) is 5.10 Å². The van der Waals surface area contributed by atoms with Crippen LogP contribution >= 0.6 is 15.9 Å². The lowest BCUT2D eigenvalue weighted by Gasteiger charge is -2.27. The van der Waals surface area contributed by atoms with Crippen molar-refractivity contribution in [2.75, 3.05) is 13.2 Å². The van der Waals surface area contributed by atoms with Crippen molar-refractivity contribution in [3.05, 3.63) is 15.9 Å². The average Bonchev–Trinajstić information content (AvgIpc) is 2.90. The maximum atomic E-state index is 9.63. The number of aliphatic hydroxyl groups excluding tert-OH is 1. The fraction of sp³-hybridized carbons (Fsp3) is 0.750. The zero-order valence-electron chi connectivity index (χ0n) is 10.5. The van der Waals surface area contributed by atoms with E-state index in [0.717, 1.165) is 42.5 Å². The number of aliphatic hydroxyl groups is 1. The Hall–Kier alpha value is -0.390. The lowest BCUT2D eigenvalue weighted by atomic mass is 9.92. The Morgan fingerprint density at radius 3 is 2.88 bits per heavy atom. The van der Waals surface area contributed by atoms with Crippen LogP contribution in [-0.4, -0.2) is 33.6 Å². The number of hydrogen-bond donors (Lipinski definition) is 2. The highest BCUT2D eigenvalue weighted by atomic mass is 79.9. The molecule has 5 heteroatoms. The van der Waals surface area contributed by atoms with Crippen molar-refractivity contribution in [1.29, 1.82) is 0 Å². The lowest BCUT2D eigenvalue weighted by Crippen LogP contribution is -2.46. The van der Waals surface area contributed by atoms with E-state index in [9.17, 15) is 5.11 Å². The Morgan fingerprint density at radius 1 is 1.59 bits per heavy atom. The Morgan fingerprint density at radius 2 is 2.35 bits per heavy atom. The summed E-state index contributed by atoms with van der Waals surface area (Å²) in [7, 11) is 0. The van der Waals surface area contributed by atoms with Gasteiger partial charge >= 0.3 is 0 Å². The van der Waals surface area contributed by atoms with Crippen LogP contribution in [0.15, 0.2) is 4.47 Å². The standard InChI is InChI=1S/C12H20BrN3O/c1-3-16-10(11(13)9(2)15-16)7-12(8-17)5-4-6-14-12/h14,17H,3-8H2,1-2H3. The van der Waals surface area contributed by atoms with Crippen molar-refractivity contribution < 1.29 is 5.11 Å². The molecule has 0 aromatic carbocycles. The van der Waals surface area contributed by atoms with Crippen LogP contribution in [0.1, 0.15) is 31.2 Å². The highest BCUT2D eigenvalue weighted by Gasteiger charge is 2.34. The second kappa shape index (κ2) is 5.08. The number of aromatic nitrogens is 2. The zero-order valence-corrected chi connectivity index (χ0v) is 12.0. The maximum absolute atomic E-state index is 9.63. The molecule has 1 atom stereocenters. The van der Waals surface area contributed by atoms with Gasteiger partial charge in [0.2, 0.25) is 0 Å². The summed E-state index contributed by atoms with van der Waals surface area (Å²) in [5, 5.41) is 17.6. The first-order valence-corrected chi connectivity index (χ1v) is 6.99. The largest absolute Gasteiger partial charge is 0.394 e. The van der Waals surface area contributed by atoms with E-state index in [1.54, 1.807) is 0 Å². The van der Waals surface area contributed by atoms with Gasteiger partial charge in [0.25, 0.3) is 0 Å². The molecule has 1 fully saturated rings. The smallest absolute Gasteiger partial charge is 0.0738 e. The number of nitrogens with zero attached hydrogens (tertiary/aromatic N) is 2. The van der Waals surface area contributed by atoms with Gasteiger partial charge in [0.15, 0.2) is 0 Å². The molecular formula is C12H20BrN3O. The molecule has 2 N–H and O–H groups in total. The van der Waals surface area contributed by atoms with Crippen LogP contribution in [0.2, 0.25) is 0 Å².